The molecular formula is C5H2Cl2O4-2. The number of alkyl halides is 2. The van der Waals surface area contributed by atoms with Crippen LogP contribution in [-0.4, -0.2) is 16.3 Å². The van der Waals surface area contributed by atoms with Gasteiger partial charge in [-0.2, -0.15) is 0 Å². The van der Waals surface area contributed by atoms with Gasteiger partial charge in [0, 0.05) is 23.8 Å². The number of carbonyl (C=O) groups excluding carboxylic acids is 2. The van der Waals surface area contributed by atoms with Crippen LogP contribution in [0.15, 0.2) is 0 Å². The second-order valence-electron chi connectivity index (χ2n) is 2.27. The molecule has 0 N–H and O–H groups in total. The van der Waals surface area contributed by atoms with E-state index >= 15 is 0 Å². The minimum Gasteiger partial charge on any atom is -0.550 e. The van der Waals surface area contributed by atoms with E-state index in [-0.39, 0.29) is 0 Å². The van der Waals surface area contributed by atoms with E-state index in [1.807, 2.05) is 0 Å². The van der Waals surface area contributed by atoms with E-state index in [0.717, 1.165) is 0 Å². The van der Waals surface area contributed by atoms with Gasteiger partial charge in [0.1, 0.15) is 4.33 Å². The summed E-state index contributed by atoms with van der Waals surface area (Å²) in [7, 11) is 0. The van der Waals surface area contributed by atoms with E-state index in [2.05, 4.69) is 0 Å². The first-order chi connectivity index (χ1) is 4.89. The lowest BCUT2D eigenvalue weighted by molar-refractivity contribution is -0.316. The van der Waals surface area contributed by atoms with Gasteiger partial charge in [0.05, 0.1) is 0 Å². The lowest BCUT2D eigenvalue weighted by Crippen LogP contribution is -2.30. The van der Waals surface area contributed by atoms with Crippen LogP contribution in [-0.2, 0) is 9.59 Å². The first-order valence-corrected chi connectivity index (χ1v) is 3.44. The van der Waals surface area contributed by atoms with Gasteiger partial charge < -0.3 is 19.8 Å². The molecule has 0 aliphatic heterocycles. The molecule has 0 bridgehead atoms. The molecule has 62 valence electrons. The topological polar surface area (TPSA) is 80.3 Å². The molecule has 0 spiro atoms. The van der Waals surface area contributed by atoms with Crippen molar-refractivity contribution in [1.82, 2.24) is 0 Å². The lowest BCUT2D eigenvalue weighted by Gasteiger charge is -1.98. The number of rotatable bonds is 2. The molecular weight excluding hydrogens is 195 g/mol. The lowest BCUT2D eigenvalue weighted by atomic mass is 10.3. The zero-order chi connectivity index (χ0) is 8.81. The summed E-state index contributed by atoms with van der Waals surface area (Å²) in [6.45, 7) is 0. The average Bonchev–Trinajstić information content (AvgIpc) is 2.33. The Balaban J connectivity index is 2.76. The first-order valence-electron chi connectivity index (χ1n) is 2.68. The van der Waals surface area contributed by atoms with Gasteiger partial charge in [-0.3, -0.25) is 0 Å². The maximum Gasteiger partial charge on any atom is 0.135 e. The molecule has 1 aliphatic rings. The van der Waals surface area contributed by atoms with Gasteiger partial charge >= 0.3 is 0 Å². The normalized spacial score (nSPS) is 32.9. The maximum atomic E-state index is 10.1. The number of aliphatic carboxylic acids is 2. The molecule has 0 radical (unpaired) electrons. The third-order valence-electron chi connectivity index (χ3n) is 1.56. The molecule has 0 amide bonds. The number of carbonyl (C=O) groups is 2. The van der Waals surface area contributed by atoms with E-state index < -0.39 is 28.1 Å². The largest absolute Gasteiger partial charge is 0.550 e. The van der Waals surface area contributed by atoms with E-state index in [1.54, 1.807) is 0 Å². The standard InChI is InChI=1S/C5H4Cl2O4/c6-5(7)1(3(8)9)2(5)4(10)11/h1-2H,(H,8,9)(H,10,11)/p-2/t1-,2+. The third-order valence-corrected chi connectivity index (χ3v) is 2.50. The summed E-state index contributed by atoms with van der Waals surface area (Å²) in [6.07, 6.45) is 0. The predicted octanol–water partition coefficient (Wildman–Crippen LogP) is -2.09. The second kappa shape index (κ2) is 2.25. The minimum absolute atomic E-state index is 1.35. The Morgan fingerprint density at radius 1 is 1.09 bits per heavy atom. The molecule has 11 heavy (non-hydrogen) atoms. The fraction of sp³-hybridized carbons (Fsp3) is 0.600. The molecule has 0 unspecified atom stereocenters. The highest BCUT2D eigenvalue weighted by Gasteiger charge is 2.64. The SMILES string of the molecule is O=C([O-])[C@@H]1[C@H](C(=O)[O-])C1(Cl)Cl. The molecule has 0 saturated heterocycles. The highest BCUT2D eigenvalue weighted by Crippen LogP contribution is 2.58. The Hall–Kier alpha value is -0.480. The molecule has 0 heterocycles. The van der Waals surface area contributed by atoms with Gasteiger partial charge in [-0.15, -0.1) is 23.2 Å². The van der Waals surface area contributed by atoms with Gasteiger partial charge in [-0.1, -0.05) is 0 Å². The molecule has 1 fully saturated rings. The molecule has 0 aromatic rings. The fourth-order valence-electron chi connectivity index (χ4n) is 0.913. The highest BCUT2D eigenvalue weighted by molar-refractivity contribution is 6.54. The molecule has 4 nitrogen and oxygen atoms in total. The predicted molar refractivity (Wildman–Crippen MR) is 31.4 cm³/mol. The van der Waals surface area contributed by atoms with E-state index in [1.165, 1.54) is 0 Å². The first kappa shape index (κ1) is 8.62. The van der Waals surface area contributed by atoms with Crippen molar-refractivity contribution >= 4 is 35.1 Å². The fourth-order valence-corrected chi connectivity index (χ4v) is 1.65. The van der Waals surface area contributed by atoms with Crippen molar-refractivity contribution in [3.05, 3.63) is 0 Å². The Kier molecular flexibility index (Phi) is 1.76. The van der Waals surface area contributed by atoms with Gasteiger partial charge in [0.2, 0.25) is 0 Å². The molecule has 1 aliphatic carbocycles. The molecule has 0 aromatic heterocycles. The van der Waals surface area contributed by atoms with Crippen LogP contribution in [0.4, 0.5) is 0 Å². The van der Waals surface area contributed by atoms with E-state index in [0.29, 0.717) is 0 Å². The summed E-state index contributed by atoms with van der Waals surface area (Å²) < 4.78 is -1.75. The van der Waals surface area contributed by atoms with Crippen LogP contribution in [0, 0.1) is 11.8 Å². The van der Waals surface area contributed by atoms with Crippen molar-refractivity contribution in [3.8, 4) is 0 Å². The molecule has 6 heteroatoms. The minimum atomic E-state index is -1.75. The van der Waals surface area contributed by atoms with Gasteiger partial charge in [0.15, 0.2) is 0 Å². The number of hydrogen-bond donors (Lipinski definition) is 0. The number of carboxylic acid groups (broad SMARTS) is 2. The van der Waals surface area contributed by atoms with Crippen LogP contribution in [0.2, 0.25) is 0 Å². The summed E-state index contributed by atoms with van der Waals surface area (Å²) in [5, 5.41) is 20.2. The number of carboxylic acids is 2. The molecule has 1 rings (SSSR count). The number of halogens is 2. The van der Waals surface area contributed by atoms with E-state index in [4.69, 9.17) is 23.2 Å². The van der Waals surface area contributed by atoms with Crippen LogP contribution in [0.1, 0.15) is 0 Å². The monoisotopic (exact) mass is 196 g/mol. The van der Waals surface area contributed by atoms with Crippen molar-refractivity contribution in [1.29, 1.82) is 0 Å². The van der Waals surface area contributed by atoms with Crippen molar-refractivity contribution < 1.29 is 19.8 Å². The van der Waals surface area contributed by atoms with Crippen LogP contribution in [0.5, 0.6) is 0 Å². The zero-order valence-corrected chi connectivity index (χ0v) is 6.56. The summed E-state index contributed by atoms with van der Waals surface area (Å²) in [6, 6.07) is 0. The molecule has 1 saturated carbocycles. The third kappa shape index (κ3) is 1.16. The summed E-state index contributed by atoms with van der Waals surface area (Å²) >= 11 is 10.6. The zero-order valence-electron chi connectivity index (χ0n) is 5.04. The average molecular weight is 197 g/mol. The molecule has 0 aromatic carbocycles. The van der Waals surface area contributed by atoms with Gasteiger partial charge in [0.25, 0.3) is 0 Å². The van der Waals surface area contributed by atoms with Crippen LogP contribution in [0.3, 0.4) is 0 Å². The van der Waals surface area contributed by atoms with Gasteiger partial charge in [-0.25, -0.2) is 0 Å². The van der Waals surface area contributed by atoms with Crippen LogP contribution >= 0.6 is 23.2 Å². The van der Waals surface area contributed by atoms with Crippen molar-refractivity contribution in [2.45, 2.75) is 4.33 Å². The summed E-state index contributed by atoms with van der Waals surface area (Å²) in [4.78, 5) is 20.2. The van der Waals surface area contributed by atoms with Crippen LogP contribution < -0.4 is 10.2 Å². The smallest absolute Gasteiger partial charge is 0.135 e. The Morgan fingerprint density at radius 3 is 1.45 bits per heavy atom. The summed E-state index contributed by atoms with van der Waals surface area (Å²) in [5.41, 5.74) is 0. The van der Waals surface area contributed by atoms with Crippen LogP contribution in [0.25, 0.3) is 0 Å². The van der Waals surface area contributed by atoms with Gasteiger partial charge in [-0.05, 0) is 0 Å². The Morgan fingerprint density at radius 2 is 1.36 bits per heavy atom. The highest BCUT2D eigenvalue weighted by atomic mass is 35.5. The second-order valence-corrected chi connectivity index (χ2v) is 3.71. The summed E-state index contributed by atoms with van der Waals surface area (Å²) in [5.74, 6) is -5.83. The van der Waals surface area contributed by atoms with E-state index in [9.17, 15) is 19.8 Å². The van der Waals surface area contributed by atoms with Crippen molar-refractivity contribution in [2.75, 3.05) is 0 Å². The quantitative estimate of drug-likeness (QED) is 0.475. The Labute approximate surface area is 71.7 Å². The molecule has 2 atom stereocenters. The number of hydrogen-bond acceptors (Lipinski definition) is 4. The Bertz CT molecular complexity index is 203. The maximum absolute atomic E-state index is 10.1. The van der Waals surface area contributed by atoms with Crippen molar-refractivity contribution in [2.24, 2.45) is 11.8 Å². The van der Waals surface area contributed by atoms with Crippen molar-refractivity contribution in [3.63, 3.8) is 0 Å².